The van der Waals surface area contributed by atoms with Gasteiger partial charge in [0, 0.05) is 12.3 Å². The van der Waals surface area contributed by atoms with Crippen molar-refractivity contribution in [3.63, 3.8) is 0 Å². The summed E-state index contributed by atoms with van der Waals surface area (Å²) in [6.45, 7) is 1.70. The number of ether oxygens (including phenoxy) is 1. The van der Waals surface area contributed by atoms with E-state index >= 15 is 0 Å². The van der Waals surface area contributed by atoms with Crippen molar-refractivity contribution in [3.05, 3.63) is 77.2 Å². The lowest BCUT2D eigenvalue weighted by Crippen LogP contribution is -2.32. The van der Waals surface area contributed by atoms with Gasteiger partial charge in [-0.3, -0.25) is 9.20 Å². The number of pyridine rings is 1. The van der Waals surface area contributed by atoms with Gasteiger partial charge in [-0.25, -0.2) is 9.78 Å². The molecule has 3 aromatic rings. The summed E-state index contributed by atoms with van der Waals surface area (Å²) in [7, 11) is 0. The molecule has 0 fully saturated rings. The van der Waals surface area contributed by atoms with Crippen LogP contribution in [0.15, 0.2) is 60.8 Å². The fraction of sp³-hybridized carbons (Fsp3) is 0.227. The van der Waals surface area contributed by atoms with Crippen LogP contribution < -0.4 is 5.32 Å². The van der Waals surface area contributed by atoms with Gasteiger partial charge in [-0.2, -0.15) is 0 Å². The number of benzene rings is 1. The molecule has 2 heterocycles. The number of amides is 1. The largest absolute Gasteiger partial charge is 0.452 e. The smallest absolute Gasteiger partial charge is 0.331 e. The van der Waals surface area contributed by atoms with Gasteiger partial charge in [0.1, 0.15) is 5.65 Å². The first kappa shape index (κ1) is 20.6. The van der Waals surface area contributed by atoms with Gasteiger partial charge < -0.3 is 10.1 Å². The van der Waals surface area contributed by atoms with Crippen LogP contribution in [0, 0.1) is 0 Å². The molecular formula is C22H22ClN3O3. The van der Waals surface area contributed by atoms with Crippen molar-refractivity contribution in [1.82, 2.24) is 14.7 Å². The van der Waals surface area contributed by atoms with Crippen LogP contribution in [0.1, 0.15) is 37.1 Å². The predicted octanol–water partition coefficient (Wildman–Crippen LogP) is 4.20. The molecule has 0 saturated carbocycles. The first-order valence-electron chi connectivity index (χ1n) is 9.40. The molecule has 0 spiro atoms. The van der Waals surface area contributed by atoms with E-state index in [0.29, 0.717) is 11.3 Å². The molecule has 3 rings (SSSR count). The molecule has 0 aliphatic heterocycles. The number of nitrogens with zero attached hydrogens (tertiary/aromatic N) is 2. The zero-order chi connectivity index (χ0) is 20.6. The van der Waals surface area contributed by atoms with Crippen molar-refractivity contribution in [1.29, 1.82) is 0 Å². The van der Waals surface area contributed by atoms with E-state index in [0.717, 1.165) is 18.4 Å². The Morgan fingerprint density at radius 1 is 1.21 bits per heavy atom. The fourth-order valence-corrected chi connectivity index (χ4v) is 3.24. The van der Waals surface area contributed by atoms with Crippen LogP contribution in [0.5, 0.6) is 0 Å². The van der Waals surface area contributed by atoms with Crippen LogP contribution in [0.4, 0.5) is 0 Å². The average Bonchev–Trinajstić information content (AvgIpc) is 3.06. The van der Waals surface area contributed by atoms with Crippen molar-refractivity contribution in [2.24, 2.45) is 0 Å². The Morgan fingerprint density at radius 3 is 2.72 bits per heavy atom. The maximum atomic E-state index is 12.2. The molecule has 0 radical (unpaired) electrons. The van der Waals surface area contributed by atoms with Gasteiger partial charge in [0.25, 0.3) is 5.91 Å². The van der Waals surface area contributed by atoms with Gasteiger partial charge in [0.05, 0.1) is 11.7 Å². The van der Waals surface area contributed by atoms with Crippen LogP contribution in [-0.4, -0.2) is 27.9 Å². The van der Waals surface area contributed by atoms with Crippen molar-refractivity contribution in [2.75, 3.05) is 6.61 Å². The third kappa shape index (κ3) is 5.45. The van der Waals surface area contributed by atoms with Crippen molar-refractivity contribution >= 4 is 35.2 Å². The second-order valence-electron chi connectivity index (χ2n) is 6.48. The highest BCUT2D eigenvalue weighted by Crippen LogP contribution is 2.19. The Balaban J connectivity index is 1.56. The number of imidazole rings is 1. The number of nitrogens with one attached hydrogen (secondary N) is 1. The zero-order valence-electron chi connectivity index (χ0n) is 16.0. The summed E-state index contributed by atoms with van der Waals surface area (Å²) in [5.41, 5.74) is 2.26. The molecule has 0 aliphatic carbocycles. The highest BCUT2D eigenvalue weighted by atomic mass is 35.5. The van der Waals surface area contributed by atoms with Crippen molar-refractivity contribution in [2.45, 2.75) is 25.8 Å². The van der Waals surface area contributed by atoms with Crippen LogP contribution in [0.2, 0.25) is 5.15 Å². The Morgan fingerprint density at radius 2 is 1.97 bits per heavy atom. The number of carbonyl (C=O) groups excluding carboxylic acids is 2. The maximum Gasteiger partial charge on any atom is 0.331 e. The summed E-state index contributed by atoms with van der Waals surface area (Å²) < 4.78 is 6.82. The van der Waals surface area contributed by atoms with Gasteiger partial charge in [-0.15, -0.1) is 0 Å². The van der Waals surface area contributed by atoms with E-state index in [4.69, 9.17) is 16.3 Å². The van der Waals surface area contributed by atoms with E-state index in [1.165, 1.54) is 12.2 Å². The summed E-state index contributed by atoms with van der Waals surface area (Å²) in [6, 6.07) is 15.1. The molecule has 6 nitrogen and oxygen atoms in total. The van der Waals surface area contributed by atoms with E-state index in [-0.39, 0.29) is 23.7 Å². The van der Waals surface area contributed by atoms with Crippen molar-refractivity contribution in [3.8, 4) is 0 Å². The Kier molecular flexibility index (Phi) is 7.03. The number of esters is 1. The van der Waals surface area contributed by atoms with Crippen LogP contribution in [0.3, 0.4) is 0 Å². The van der Waals surface area contributed by atoms with Gasteiger partial charge in [-0.1, -0.05) is 61.3 Å². The minimum atomic E-state index is -0.631. The molecule has 0 saturated heterocycles. The predicted molar refractivity (Wildman–Crippen MR) is 112 cm³/mol. The van der Waals surface area contributed by atoms with Gasteiger partial charge in [-0.05, 0) is 30.2 Å². The SMILES string of the molecule is CCC[C@H](NC(=O)COC(=O)/C=C/c1c(Cl)nc2ccccn12)c1ccccc1. The summed E-state index contributed by atoms with van der Waals surface area (Å²) in [6.07, 6.45) is 6.27. The molecule has 1 N–H and O–H groups in total. The lowest BCUT2D eigenvalue weighted by molar-refractivity contribution is -0.144. The number of aromatic nitrogens is 2. The molecule has 1 aromatic carbocycles. The number of fused-ring (bicyclic) bond motifs is 1. The minimum Gasteiger partial charge on any atom is -0.452 e. The minimum absolute atomic E-state index is 0.111. The number of rotatable bonds is 8. The summed E-state index contributed by atoms with van der Waals surface area (Å²) >= 11 is 6.12. The second kappa shape index (κ2) is 9.89. The Labute approximate surface area is 174 Å². The van der Waals surface area contributed by atoms with E-state index in [1.54, 1.807) is 10.6 Å². The molecule has 2 aromatic heterocycles. The van der Waals surface area contributed by atoms with Gasteiger partial charge >= 0.3 is 5.97 Å². The second-order valence-corrected chi connectivity index (χ2v) is 6.84. The monoisotopic (exact) mass is 411 g/mol. The normalized spacial score (nSPS) is 12.2. The van der Waals surface area contributed by atoms with E-state index in [9.17, 15) is 9.59 Å². The van der Waals surface area contributed by atoms with E-state index < -0.39 is 5.97 Å². The number of hydrogen-bond acceptors (Lipinski definition) is 4. The summed E-state index contributed by atoms with van der Waals surface area (Å²) in [5, 5.41) is 3.20. The third-order valence-corrected chi connectivity index (χ3v) is 4.64. The molecule has 1 amide bonds. The lowest BCUT2D eigenvalue weighted by Gasteiger charge is -2.18. The molecule has 7 heteroatoms. The molecular weight excluding hydrogens is 390 g/mol. The lowest BCUT2D eigenvalue weighted by atomic mass is 10.0. The number of hydrogen-bond donors (Lipinski definition) is 1. The standard InChI is InChI=1S/C22H22ClN3O3/c1-2-8-17(16-9-4-3-5-10-16)24-20(27)15-29-21(28)13-12-18-22(23)25-19-11-6-7-14-26(18)19/h3-7,9-14,17H,2,8,15H2,1H3,(H,24,27)/b13-12+/t17-/m0/s1. The maximum absolute atomic E-state index is 12.2. The molecule has 0 bridgehead atoms. The Bertz CT molecular complexity index is 1010. The first-order valence-corrected chi connectivity index (χ1v) is 9.78. The highest BCUT2D eigenvalue weighted by Gasteiger charge is 2.14. The van der Waals surface area contributed by atoms with Crippen LogP contribution >= 0.6 is 11.6 Å². The van der Waals surface area contributed by atoms with Crippen LogP contribution in [0.25, 0.3) is 11.7 Å². The highest BCUT2D eigenvalue weighted by molar-refractivity contribution is 6.31. The van der Waals surface area contributed by atoms with Gasteiger partial charge in [0.2, 0.25) is 0 Å². The third-order valence-electron chi connectivity index (χ3n) is 4.36. The van der Waals surface area contributed by atoms with Crippen molar-refractivity contribution < 1.29 is 14.3 Å². The first-order chi connectivity index (χ1) is 14.1. The zero-order valence-corrected chi connectivity index (χ0v) is 16.8. The molecule has 150 valence electrons. The molecule has 29 heavy (non-hydrogen) atoms. The molecule has 1 atom stereocenters. The summed E-state index contributed by atoms with van der Waals surface area (Å²) in [5.74, 6) is -0.976. The van der Waals surface area contributed by atoms with Gasteiger partial charge in [0.15, 0.2) is 11.8 Å². The molecule has 0 aliphatic rings. The molecule has 0 unspecified atom stereocenters. The fourth-order valence-electron chi connectivity index (χ4n) is 3.00. The average molecular weight is 412 g/mol. The quantitative estimate of drug-likeness (QED) is 0.445. The van der Waals surface area contributed by atoms with Crippen LogP contribution in [-0.2, 0) is 14.3 Å². The van der Waals surface area contributed by atoms with E-state index in [2.05, 4.69) is 17.2 Å². The number of carbonyl (C=O) groups is 2. The topological polar surface area (TPSA) is 72.7 Å². The van der Waals surface area contributed by atoms with E-state index in [1.807, 2.05) is 48.5 Å². The number of halogens is 1. The Hall–Kier alpha value is -3.12. The summed E-state index contributed by atoms with van der Waals surface area (Å²) in [4.78, 5) is 28.4.